The van der Waals surface area contributed by atoms with Gasteiger partial charge in [0.1, 0.15) is 12.6 Å². The molecule has 84 valence electrons. The third-order valence-electron chi connectivity index (χ3n) is 2.33. The number of aliphatic hydroxyl groups is 1. The topological polar surface area (TPSA) is 46.1 Å². The predicted molar refractivity (Wildman–Crippen MR) is 59.6 cm³/mol. The van der Waals surface area contributed by atoms with Crippen LogP contribution in [0.3, 0.4) is 0 Å². The molecule has 0 aliphatic heterocycles. The van der Waals surface area contributed by atoms with Crippen LogP contribution in [0.2, 0.25) is 0 Å². The first kappa shape index (κ1) is 12.2. The molecule has 3 heteroatoms. The fourth-order valence-corrected chi connectivity index (χ4v) is 1.46. The van der Waals surface area contributed by atoms with E-state index in [4.69, 9.17) is 4.74 Å². The number of benzene rings is 1. The van der Waals surface area contributed by atoms with Gasteiger partial charge in [-0.15, -0.1) is 0 Å². The number of hydrogen-bond donors (Lipinski definition) is 2. The summed E-state index contributed by atoms with van der Waals surface area (Å²) in [7, 11) is 1.71. The molecule has 0 fully saturated rings. The first-order valence-electron chi connectivity index (χ1n) is 5.38. The van der Waals surface area contributed by atoms with Gasteiger partial charge in [0.05, 0.1) is 13.2 Å². The minimum Gasteiger partial charge on any atom is -0.384 e. The van der Waals surface area contributed by atoms with E-state index in [1.165, 1.54) is 0 Å². The standard InChI is InChI=1S/C12H19NO2/c1-15-9-5-8-13-10-12(14)11-6-3-2-4-7-11/h2-4,6-7,12-14H,5,8-10H2,1H3/p+1/t12-/m1/s1. The van der Waals surface area contributed by atoms with E-state index < -0.39 is 0 Å². The second-order valence-corrected chi connectivity index (χ2v) is 3.59. The van der Waals surface area contributed by atoms with Crippen molar-refractivity contribution in [1.82, 2.24) is 0 Å². The first-order chi connectivity index (χ1) is 7.34. The summed E-state index contributed by atoms with van der Waals surface area (Å²) in [5.74, 6) is 0. The SMILES string of the molecule is COCCC[NH2+]C[C@@H](O)c1ccccc1. The monoisotopic (exact) mass is 210 g/mol. The molecule has 1 atom stereocenters. The van der Waals surface area contributed by atoms with Gasteiger partial charge in [0.2, 0.25) is 0 Å². The highest BCUT2D eigenvalue weighted by Crippen LogP contribution is 2.08. The number of methoxy groups -OCH3 is 1. The first-order valence-corrected chi connectivity index (χ1v) is 5.38. The Balaban J connectivity index is 2.16. The van der Waals surface area contributed by atoms with Crippen LogP contribution in [-0.4, -0.2) is 31.9 Å². The number of rotatable bonds is 7. The molecule has 0 aliphatic carbocycles. The van der Waals surface area contributed by atoms with E-state index >= 15 is 0 Å². The largest absolute Gasteiger partial charge is 0.384 e. The molecule has 0 spiro atoms. The highest BCUT2D eigenvalue weighted by Gasteiger charge is 2.07. The lowest BCUT2D eigenvalue weighted by atomic mass is 10.1. The quantitative estimate of drug-likeness (QED) is 0.637. The molecule has 15 heavy (non-hydrogen) atoms. The summed E-state index contributed by atoms with van der Waals surface area (Å²) >= 11 is 0. The van der Waals surface area contributed by atoms with Crippen molar-refractivity contribution in [2.24, 2.45) is 0 Å². The molecule has 1 aromatic rings. The minimum atomic E-state index is -0.367. The van der Waals surface area contributed by atoms with Crippen molar-refractivity contribution in [3.8, 4) is 0 Å². The smallest absolute Gasteiger partial charge is 0.128 e. The lowest BCUT2D eigenvalue weighted by Crippen LogP contribution is -2.85. The van der Waals surface area contributed by atoms with Crippen LogP contribution >= 0.6 is 0 Å². The van der Waals surface area contributed by atoms with E-state index in [1.807, 2.05) is 30.3 Å². The summed E-state index contributed by atoms with van der Waals surface area (Å²) in [5.41, 5.74) is 0.987. The number of ether oxygens (including phenoxy) is 1. The fourth-order valence-electron chi connectivity index (χ4n) is 1.46. The lowest BCUT2D eigenvalue weighted by Gasteiger charge is -2.09. The summed E-state index contributed by atoms with van der Waals surface area (Å²) in [6.45, 7) is 2.50. The Morgan fingerprint density at radius 3 is 2.73 bits per heavy atom. The van der Waals surface area contributed by atoms with Crippen LogP contribution in [0, 0.1) is 0 Å². The average Bonchev–Trinajstić information content (AvgIpc) is 2.30. The number of nitrogens with two attached hydrogens (primary N) is 1. The van der Waals surface area contributed by atoms with E-state index in [-0.39, 0.29) is 6.10 Å². The molecule has 3 N–H and O–H groups in total. The van der Waals surface area contributed by atoms with Crippen LogP contribution in [0.25, 0.3) is 0 Å². The van der Waals surface area contributed by atoms with Gasteiger partial charge in [0.25, 0.3) is 0 Å². The van der Waals surface area contributed by atoms with E-state index in [0.29, 0.717) is 6.54 Å². The van der Waals surface area contributed by atoms with Crippen molar-refractivity contribution in [3.05, 3.63) is 35.9 Å². The van der Waals surface area contributed by atoms with E-state index in [0.717, 1.165) is 25.1 Å². The van der Waals surface area contributed by atoms with Gasteiger partial charge in [-0.25, -0.2) is 0 Å². The van der Waals surface area contributed by atoms with Crippen molar-refractivity contribution >= 4 is 0 Å². The Hall–Kier alpha value is -0.900. The Bertz CT molecular complexity index is 251. The molecule has 0 heterocycles. The zero-order valence-corrected chi connectivity index (χ0v) is 9.23. The number of hydrogen-bond acceptors (Lipinski definition) is 2. The van der Waals surface area contributed by atoms with Crippen LogP contribution in [0.5, 0.6) is 0 Å². The maximum Gasteiger partial charge on any atom is 0.128 e. The summed E-state index contributed by atoms with van der Waals surface area (Å²) in [4.78, 5) is 0. The highest BCUT2D eigenvalue weighted by molar-refractivity contribution is 5.16. The summed E-state index contributed by atoms with van der Waals surface area (Å²) in [6, 6.07) is 9.76. The van der Waals surface area contributed by atoms with Gasteiger partial charge in [-0.05, 0) is 5.56 Å². The van der Waals surface area contributed by atoms with Gasteiger partial charge in [-0.2, -0.15) is 0 Å². The van der Waals surface area contributed by atoms with E-state index in [9.17, 15) is 5.11 Å². The zero-order valence-electron chi connectivity index (χ0n) is 9.23. The average molecular weight is 210 g/mol. The van der Waals surface area contributed by atoms with Gasteiger partial charge < -0.3 is 15.2 Å². The molecule has 3 nitrogen and oxygen atoms in total. The highest BCUT2D eigenvalue weighted by atomic mass is 16.5. The Kier molecular flexibility index (Phi) is 6.00. The molecule has 0 amide bonds. The second kappa shape index (κ2) is 7.40. The molecule has 1 rings (SSSR count). The van der Waals surface area contributed by atoms with Crippen molar-refractivity contribution in [3.63, 3.8) is 0 Å². The Labute approximate surface area is 91.1 Å². The number of aliphatic hydroxyl groups excluding tert-OH is 1. The molecule has 0 radical (unpaired) electrons. The predicted octanol–water partition coefficient (Wildman–Crippen LogP) is 0.320. The normalized spacial score (nSPS) is 12.7. The lowest BCUT2D eigenvalue weighted by molar-refractivity contribution is -0.662. The van der Waals surface area contributed by atoms with Crippen LogP contribution in [0.15, 0.2) is 30.3 Å². The van der Waals surface area contributed by atoms with Crippen LogP contribution in [0.1, 0.15) is 18.1 Å². The molecular weight excluding hydrogens is 190 g/mol. The van der Waals surface area contributed by atoms with Crippen molar-refractivity contribution < 1.29 is 15.2 Å². The molecule has 0 aliphatic rings. The molecule has 0 saturated carbocycles. The maximum absolute atomic E-state index is 9.81. The van der Waals surface area contributed by atoms with Crippen LogP contribution in [0.4, 0.5) is 0 Å². The van der Waals surface area contributed by atoms with Crippen molar-refractivity contribution in [1.29, 1.82) is 0 Å². The van der Waals surface area contributed by atoms with Crippen LogP contribution in [-0.2, 0) is 4.74 Å². The van der Waals surface area contributed by atoms with Gasteiger partial charge >= 0.3 is 0 Å². The third kappa shape index (κ3) is 4.93. The fraction of sp³-hybridized carbons (Fsp3) is 0.500. The van der Waals surface area contributed by atoms with Gasteiger partial charge in [-0.1, -0.05) is 30.3 Å². The summed E-state index contributed by atoms with van der Waals surface area (Å²) in [6.07, 6.45) is 0.659. The molecule has 0 unspecified atom stereocenters. The Morgan fingerprint density at radius 2 is 2.07 bits per heavy atom. The molecule has 0 saturated heterocycles. The second-order valence-electron chi connectivity index (χ2n) is 3.59. The van der Waals surface area contributed by atoms with Gasteiger partial charge in [-0.3, -0.25) is 0 Å². The van der Waals surface area contributed by atoms with E-state index in [2.05, 4.69) is 5.32 Å². The van der Waals surface area contributed by atoms with Gasteiger partial charge in [0.15, 0.2) is 0 Å². The van der Waals surface area contributed by atoms with Gasteiger partial charge in [0, 0.05) is 13.5 Å². The summed E-state index contributed by atoms with van der Waals surface area (Å²) < 4.78 is 4.95. The minimum absolute atomic E-state index is 0.367. The maximum atomic E-state index is 9.81. The van der Waals surface area contributed by atoms with E-state index in [1.54, 1.807) is 7.11 Å². The van der Waals surface area contributed by atoms with Crippen molar-refractivity contribution in [2.75, 3.05) is 26.8 Å². The molecule has 0 bridgehead atoms. The summed E-state index contributed by atoms with van der Waals surface area (Å²) in [5, 5.41) is 11.9. The number of quaternary nitrogens is 1. The van der Waals surface area contributed by atoms with Crippen molar-refractivity contribution in [2.45, 2.75) is 12.5 Å². The van der Waals surface area contributed by atoms with Crippen LogP contribution < -0.4 is 5.32 Å². The molecular formula is C12H20NO2+. The molecule has 0 aromatic heterocycles. The molecule has 1 aromatic carbocycles. The zero-order chi connectivity index (χ0) is 10.9. The third-order valence-corrected chi connectivity index (χ3v) is 2.33. The Morgan fingerprint density at radius 1 is 1.33 bits per heavy atom.